The molecule has 6 amide bonds. The standard InChI is InChI=1S/C23H30N6O7S/c1-4-28-10-11-29(20(33)19(28)32)22(36)26-13(12-8-6-5-7-9-12)17(31)25-14(16(24)30)18-27-15(21(34)35)23(2,3)37-18/h5-9,13-15,18,27H,4,10-11H2,1-3H3,(H2,24,30)(H,25,31)(H,26,36)(H,34,35)/t13-,14?,15+,18-/m1/s1. The van der Waals surface area contributed by atoms with E-state index in [2.05, 4.69) is 16.0 Å². The van der Waals surface area contributed by atoms with Gasteiger partial charge in [-0.25, -0.2) is 4.79 Å². The van der Waals surface area contributed by atoms with Crippen molar-refractivity contribution in [2.45, 2.75) is 49.0 Å². The maximum absolute atomic E-state index is 13.4. The highest BCUT2D eigenvalue weighted by Gasteiger charge is 2.49. The molecule has 4 atom stereocenters. The van der Waals surface area contributed by atoms with Gasteiger partial charge in [0.05, 0.1) is 5.37 Å². The lowest BCUT2D eigenvalue weighted by atomic mass is 10.0. The Morgan fingerprint density at radius 3 is 2.32 bits per heavy atom. The van der Waals surface area contributed by atoms with E-state index in [9.17, 15) is 33.9 Å². The molecule has 0 saturated carbocycles. The number of carboxylic acids is 1. The van der Waals surface area contributed by atoms with Crippen LogP contribution in [0.25, 0.3) is 0 Å². The van der Waals surface area contributed by atoms with Gasteiger partial charge in [0.1, 0.15) is 18.1 Å². The van der Waals surface area contributed by atoms with Gasteiger partial charge in [-0.2, -0.15) is 0 Å². The molecule has 13 nitrogen and oxygen atoms in total. The summed E-state index contributed by atoms with van der Waals surface area (Å²) in [4.78, 5) is 77.1. The minimum Gasteiger partial charge on any atom is -0.480 e. The van der Waals surface area contributed by atoms with E-state index in [0.29, 0.717) is 12.1 Å². The highest BCUT2D eigenvalue weighted by atomic mass is 32.2. The van der Waals surface area contributed by atoms with Gasteiger partial charge < -0.3 is 26.4 Å². The number of likely N-dealkylation sites (N-methyl/N-ethyl adjacent to an activating group) is 1. The van der Waals surface area contributed by atoms with Gasteiger partial charge in [-0.15, -0.1) is 11.8 Å². The number of amides is 6. The number of carbonyl (C=O) groups excluding carboxylic acids is 5. The smallest absolute Gasteiger partial charge is 0.325 e. The largest absolute Gasteiger partial charge is 0.480 e. The Bertz CT molecular complexity index is 1100. The fourth-order valence-corrected chi connectivity index (χ4v) is 5.68. The minimum absolute atomic E-state index is 0.0500. The van der Waals surface area contributed by atoms with Crippen molar-refractivity contribution in [2.75, 3.05) is 19.6 Å². The minimum atomic E-state index is -1.35. The van der Waals surface area contributed by atoms with Gasteiger partial charge in [-0.1, -0.05) is 30.3 Å². The third-order valence-corrected chi connectivity index (χ3v) is 7.71. The first-order valence-electron chi connectivity index (χ1n) is 11.6. The number of carboxylic acid groups (broad SMARTS) is 1. The number of primary amides is 1. The van der Waals surface area contributed by atoms with E-state index in [1.165, 1.54) is 4.90 Å². The van der Waals surface area contributed by atoms with Crippen molar-refractivity contribution in [1.29, 1.82) is 0 Å². The third kappa shape index (κ3) is 6.02. The Balaban J connectivity index is 1.82. The van der Waals surface area contributed by atoms with E-state index in [-0.39, 0.29) is 13.1 Å². The molecule has 2 saturated heterocycles. The SMILES string of the molecule is CCN1CCN(C(=O)N[C@@H](C(=O)NC(C(N)=O)[C@@H]2N[C@@H](C(=O)O)C(C)(C)S2)c2ccccc2)C(=O)C1=O. The number of benzene rings is 1. The normalized spacial score (nSPS) is 22.8. The molecule has 37 heavy (non-hydrogen) atoms. The zero-order chi connectivity index (χ0) is 27.5. The maximum atomic E-state index is 13.4. The number of hydrogen-bond donors (Lipinski definition) is 5. The van der Waals surface area contributed by atoms with Crippen LogP contribution in [-0.4, -0.2) is 92.4 Å². The summed E-state index contributed by atoms with van der Waals surface area (Å²) in [6.07, 6.45) is 0. The van der Waals surface area contributed by atoms with Crippen LogP contribution in [0.3, 0.4) is 0 Å². The molecular weight excluding hydrogens is 504 g/mol. The number of nitrogens with zero attached hydrogens (tertiary/aromatic N) is 2. The molecular formula is C23H30N6O7S. The van der Waals surface area contributed by atoms with E-state index in [1.807, 2.05) is 0 Å². The zero-order valence-electron chi connectivity index (χ0n) is 20.6. The predicted molar refractivity (Wildman–Crippen MR) is 133 cm³/mol. The van der Waals surface area contributed by atoms with Crippen LogP contribution in [-0.2, 0) is 24.0 Å². The first kappa shape index (κ1) is 27.9. The lowest BCUT2D eigenvalue weighted by Crippen LogP contribution is -2.60. The molecule has 0 bridgehead atoms. The quantitative estimate of drug-likeness (QED) is 0.260. The van der Waals surface area contributed by atoms with Crippen molar-refractivity contribution < 1.29 is 33.9 Å². The first-order valence-corrected chi connectivity index (χ1v) is 12.5. The van der Waals surface area contributed by atoms with Crippen molar-refractivity contribution in [3.05, 3.63) is 35.9 Å². The second kappa shape index (κ2) is 11.2. The summed E-state index contributed by atoms with van der Waals surface area (Å²) in [5, 5.41) is 16.5. The van der Waals surface area contributed by atoms with Crippen LogP contribution < -0.4 is 21.7 Å². The van der Waals surface area contributed by atoms with E-state index < -0.39 is 63.9 Å². The van der Waals surface area contributed by atoms with Gasteiger partial charge in [0.15, 0.2) is 0 Å². The summed E-state index contributed by atoms with van der Waals surface area (Å²) in [6, 6.07) is 3.48. The molecule has 0 aromatic heterocycles. The van der Waals surface area contributed by atoms with E-state index in [0.717, 1.165) is 16.7 Å². The molecule has 14 heteroatoms. The number of hydrogen-bond acceptors (Lipinski definition) is 8. The van der Waals surface area contributed by atoms with Gasteiger partial charge >= 0.3 is 23.8 Å². The van der Waals surface area contributed by atoms with Crippen molar-refractivity contribution in [2.24, 2.45) is 5.73 Å². The number of piperazine rings is 1. The zero-order valence-corrected chi connectivity index (χ0v) is 21.4. The summed E-state index contributed by atoms with van der Waals surface area (Å²) >= 11 is 1.14. The number of nitrogens with two attached hydrogens (primary N) is 1. The Morgan fingerprint density at radius 1 is 1.14 bits per heavy atom. The molecule has 200 valence electrons. The Labute approximate surface area is 217 Å². The number of rotatable bonds is 8. The molecule has 2 heterocycles. The summed E-state index contributed by atoms with van der Waals surface area (Å²) < 4.78 is -0.810. The Morgan fingerprint density at radius 2 is 1.78 bits per heavy atom. The molecule has 0 aliphatic carbocycles. The van der Waals surface area contributed by atoms with Crippen molar-refractivity contribution >= 4 is 47.4 Å². The van der Waals surface area contributed by atoms with Crippen LogP contribution >= 0.6 is 11.8 Å². The van der Waals surface area contributed by atoms with Crippen molar-refractivity contribution in [3.8, 4) is 0 Å². The van der Waals surface area contributed by atoms with Crippen LogP contribution in [0, 0.1) is 0 Å². The topological polar surface area (TPSA) is 191 Å². The summed E-state index contributed by atoms with van der Waals surface area (Å²) in [7, 11) is 0. The number of imide groups is 1. The molecule has 6 N–H and O–H groups in total. The maximum Gasteiger partial charge on any atom is 0.325 e. The Kier molecular flexibility index (Phi) is 8.43. The number of aliphatic carboxylic acids is 1. The van der Waals surface area contributed by atoms with E-state index in [1.54, 1.807) is 51.1 Å². The predicted octanol–water partition coefficient (Wildman–Crippen LogP) is -1.01. The number of urea groups is 1. The third-order valence-electron chi connectivity index (χ3n) is 6.21. The van der Waals surface area contributed by atoms with Crippen LogP contribution in [0.2, 0.25) is 0 Å². The van der Waals surface area contributed by atoms with E-state index in [4.69, 9.17) is 5.73 Å². The van der Waals surface area contributed by atoms with E-state index >= 15 is 0 Å². The number of carbonyl (C=O) groups is 6. The van der Waals surface area contributed by atoms with Gasteiger partial charge in [-0.05, 0) is 26.3 Å². The van der Waals surface area contributed by atoms with Crippen LogP contribution in [0.15, 0.2) is 30.3 Å². The average molecular weight is 535 g/mol. The highest BCUT2D eigenvalue weighted by molar-refractivity contribution is 8.01. The molecule has 2 aliphatic rings. The van der Waals surface area contributed by atoms with Gasteiger partial charge in [-0.3, -0.25) is 34.2 Å². The summed E-state index contributed by atoms with van der Waals surface area (Å²) in [5.41, 5.74) is 5.90. The Hall–Kier alpha value is -3.65. The molecule has 0 radical (unpaired) electrons. The first-order chi connectivity index (χ1) is 17.4. The lowest BCUT2D eigenvalue weighted by Gasteiger charge is -2.33. The molecule has 1 unspecified atom stereocenters. The molecule has 3 rings (SSSR count). The molecule has 2 fully saturated rings. The number of thioether (sulfide) groups is 1. The highest BCUT2D eigenvalue weighted by Crippen LogP contribution is 2.39. The second-order valence-electron chi connectivity index (χ2n) is 9.10. The van der Waals surface area contributed by atoms with Crippen molar-refractivity contribution in [3.63, 3.8) is 0 Å². The molecule has 1 aromatic rings. The number of nitrogens with one attached hydrogen (secondary N) is 3. The average Bonchev–Trinajstić information content (AvgIpc) is 3.17. The van der Waals surface area contributed by atoms with Crippen LogP contribution in [0.1, 0.15) is 32.4 Å². The monoisotopic (exact) mass is 534 g/mol. The lowest BCUT2D eigenvalue weighted by molar-refractivity contribution is -0.153. The van der Waals surface area contributed by atoms with Gasteiger partial charge in [0.2, 0.25) is 11.8 Å². The molecule has 2 aliphatic heterocycles. The summed E-state index contributed by atoms with van der Waals surface area (Å²) in [5.74, 6) is -4.67. The van der Waals surface area contributed by atoms with Crippen LogP contribution in [0.4, 0.5) is 4.79 Å². The van der Waals surface area contributed by atoms with Gasteiger partial charge in [0.25, 0.3) is 0 Å². The molecule has 1 aromatic carbocycles. The fourth-order valence-electron chi connectivity index (χ4n) is 4.18. The molecule has 0 spiro atoms. The second-order valence-corrected chi connectivity index (χ2v) is 10.9. The summed E-state index contributed by atoms with van der Waals surface area (Å²) in [6.45, 7) is 5.51. The fraction of sp³-hybridized carbons (Fsp3) is 0.478. The van der Waals surface area contributed by atoms with Crippen molar-refractivity contribution in [1.82, 2.24) is 25.8 Å². The van der Waals surface area contributed by atoms with Crippen LogP contribution in [0.5, 0.6) is 0 Å². The van der Waals surface area contributed by atoms with Gasteiger partial charge in [0, 0.05) is 24.4 Å².